The number of β-amino-alcohol motifs (C(OH)–C–C–N with tert-alkyl or cyclic N) is 1. The molecule has 2 fully saturated rings. The molecule has 0 unspecified atom stereocenters. The number of sulfonamides is 1. The van der Waals surface area contributed by atoms with Crippen LogP contribution in [0.3, 0.4) is 0 Å². The summed E-state index contributed by atoms with van der Waals surface area (Å²) in [5.74, 6) is 0.000502. The molecule has 0 saturated carbocycles. The molecule has 2 N–H and O–H groups in total. The van der Waals surface area contributed by atoms with Gasteiger partial charge in [0.25, 0.3) is 0 Å². The minimum absolute atomic E-state index is 0.000502. The molecule has 0 aliphatic carbocycles. The number of nitrogens with zero attached hydrogens (tertiary/aromatic N) is 6. The second-order valence-electron chi connectivity index (χ2n) is 9.72. The van der Waals surface area contributed by atoms with Crippen molar-refractivity contribution in [2.75, 3.05) is 42.7 Å². The first-order chi connectivity index (χ1) is 18.4. The Morgan fingerprint density at radius 1 is 1.13 bits per heavy atom. The van der Waals surface area contributed by atoms with Gasteiger partial charge in [0.15, 0.2) is 0 Å². The molecule has 0 spiro atoms. The number of halogens is 4. The lowest BCUT2D eigenvalue weighted by molar-refractivity contribution is -0.137. The van der Waals surface area contributed by atoms with Crippen molar-refractivity contribution in [3.05, 3.63) is 47.5 Å². The van der Waals surface area contributed by atoms with Gasteiger partial charge in [0, 0.05) is 50.3 Å². The summed E-state index contributed by atoms with van der Waals surface area (Å²) in [5.41, 5.74) is -0.0563. The fourth-order valence-corrected chi connectivity index (χ4v) is 5.97. The predicted molar refractivity (Wildman–Crippen MR) is 141 cm³/mol. The Bertz CT molecular complexity index is 1460. The number of piperidine rings is 1. The van der Waals surface area contributed by atoms with Gasteiger partial charge in [-0.1, -0.05) is 11.6 Å². The third-order valence-corrected chi connectivity index (χ3v) is 8.52. The van der Waals surface area contributed by atoms with E-state index in [0.29, 0.717) is 56.2 Å². The smallest absolute Gasteiger partial charge is 0.391 e. The van der Waals surface area contributed by atoms with Crippen molar-refractivity contribution in [3.63, 3.8) is 0 Å². The first-order valence-corrected chi connectivity index (χ1v) is 14.5. The average molecular weight is 586 g/mol. The van der Waals surface area contributed by atoms with Gasteiger partial charge in [-0.3, -0.25) is 0 Å². The van der Waals surface area contributed by atoms with E-state index in [2.05, 4.69) is 20.3 Å². The number of hydrogen-bond donors (Lipinski definition) is 2. The van der Waals surface area contributed by atoms with E-state index in [4.69, 9.17) is 11.6 Å². The topological polar surface area (TPSA) is 116 Å². The second kappa shape index (κ2) is 10.6. The number of anilines is 2. The molecule has 0 amide bonds. The highest BCUT2D eigenvalue weighted by molar-refractivity contribution is 7.88. The highest BCUT2D eigenvalue weighted by Crippen LogP contribution is 2.36. The van der Waals surface area contributed by atoms with Gasteiger partial charge in [-0.2, -0.15) is 13.2 Å². The molecule has 4 heterocycles. The molecule has 2 aliphatic heterocycles. The summed E-state index contributed by atoms with van der Waals surface area (Å²) in [4.78, 5) is 14.2. The summed E-state index contributed by atoms with van der Waals surface area (Å²) >= 11 is 6.52. The Hall–Kier alpha value is -2.94. The Labute approximate surface area is 228 Å². The molecule has 5 rings (SSSR count). The Kier molecular flexibility index (Phi) is 7.48. The van der Waals surface area contributed by atoms with Crippen molar-refractivity contribution in [3.8, 4) is 17.1 Å². The molecule has 39 heavy (non-hydrogen) atoms. The van der Waals surface area contributed by atoms with Crippen LogP contribution in [0.5, 0.6) is 0 Å². The molecule has 3 aromatic rings. The molecule has 2 saturated heterocycles. The van der Waals surface area contributed by atoms with E-state index in [0.717, 1.165) is 18.1 Å². The summed E-state index contributed by atoms with van der Waals surface area (Å²) in [5, 5.41) is 13.2. The number of aromatic nitrogens is 4. The first-order valence-electron chi connectivity index (χ1n) is 12.3. The van der Waals surface area contributed by atoms with Crippen LogP contribution in [0.25, 0.3) is 17.1 Å². The number of aliphatic hydroxyl groups is 1. The number of rotatable bonds is 6. The minimum Gasteiger partial charge on any atom is -0.391 e. The molecule has 15 heteroatoms. The van der Waals surface area contributed by atoms with Gasteiger partial charge >= 0.3 is 6.18 Å². The van der Waals surface area contributed by atoms with Crippen molar-refractivity contribution in [1.29, 1.82) is 0 Å². The van der Waals surface area contributed by atoms with Crippen LogP contribution in [-0.4, -0.2) is 81.9 Å². The summed E-state index contributed by atoms with van der Waals surface area (Å²) in [6.45, 7) is 1.80. The van der Waals surface area contributed by atoms with Crippen molar-refractivity contribution in [2.24, 2.45) is 0 Å². The van der Waals surface area contributed by atoms with E-state index in [1.807, 2.05) is 11.0 Å². The Morgan fingerprint density at radius 2 is 1.87 bits per heavy atom. The van der Waals surface area contributed by atoms with Crippen LogP contribution < -0.4 is 10.2 Å². The van der Waals surface area contributed by atoms with E-state index >= 15 is 0 Å². The number of hydrogen-bond acceptors (Lipinski definition) is 8. The fraction of sp³-hybridized carbons (Fsp3) is 0.458. The predicted octanol–water partition coefficient (Wildman–Crippen LogP) is 3.41. The van der Waals surface area contributed by atoms with E-state index in [1.165, 1.54) is 21.4 Å². The van der Waals surface area contributed by atoms with E-state index < -0.39 is 27.9 Å². The van der Waals surface area contributed by atoms with Crippen molar-refractivity contribution >= 4 is 33.3 Å². The highest BCUT2D eigenvalue weighted by atomic mass is 35.5. The minimum atomic E-state index is -4.71. The number of benzene rings is 1. The quantitative estimate of drug-likeness (QED) is 0.452. The van der Waals surface area contributed by atoms with Crippen molar-refractivity contribution in [2.45, 2.75) is 37.6 Å². The third kappa shape index (κ3) is 6.13. The maximum absolute atomic E-state index is 13.9. The summed E-state index contributed by atoms with van der Waals surface area (Å²) in [6.07, 6.45) is 1.15. The van der Waals surface area contributed by atoms with E-state index in [9.17, 15) is 26.7 Å². The second-order valence-corrected chi connectivity index (χ2v) is 12.1. The molecule has 2 aromatic heterocycles. The molecule has 10 nitrogen and oxygen atoms in total. The van der Waals surface area contributed by atoms with Crippen LogP contribution in [0.1, 0.15) is 24.8 Å². The first kappa shape index (κ1) is 27.6. The van der Waals surface area contributed by atoms with Crippen LogP contribution in [0, 0.1) is 0 Å². The Morgan fingerprint density at radius 3 is 2.49 bits per heavy atom. The number of imidazole rings is 1. The average Bonchev–Trinajstić information content (AvgIpc) is 3.52. The van der Waals surface area contributed by atoms with Gasteiger partial charge in [-0.25, -0.2) is 27.7 Å². The SMILES string of the molecule is CS(=O)(=O)N1CCC(Nc2ncc(C(F)(F)F)c(-c3cn(-c4ccc(N5CC[C@H](O)C5)cc4Cl)cn3)n2)CC1. The summed E-state index contributed by atoms with van der Waals surface area (Å²) < 4.78 is 67.9. The van der Waals surface area contributed by atoms with Gasteiger partial charge in [0.1, 0.15) is 23.3 Å². The van der Waals surface area contributed by atoms with E-state index in [1.54, 1.807) is 12.1 Å². The van der Waals surface area contributed by atoms with Crippen LogP contribution in [0.4, 0.5) is 24.8 Å². The lowest BCUT2D eigenvalue weighted by Gasteiger charge is -2.30. The van der Waals surface area contributed by atoms with E-state index in [-0.39, 0.29) is 23.4 Å². The van der Waals surface area contributed by atoms with Crippen LogP contribution in [-0.2, 0) is 16.2 Å². The van der Waals surface area contributed by atoms with Crippen molar-refractivity contribution < 1.29 is 26.7 Å². The molecule has 1 atom stereocenters. The Balaban J connectivity index is 1.39. The standard InChI is InChI=1S/C24H27ClF3N7O3S/c1-39(37,38)35-8-4-15(5-9-35)31-23-29-11-18(24(26,27)28)22(32-23)20-13-34(14-30-20)21-3-2-16(10-19(21)25)33-7-6-17(36)12-33/h2-3,10-11,13-15,17,36H,4-9,12H2,1H3,(H,29,31,32)/t17-/m0/s1. The maximum Gasteiger partial charge on any atom is 0.420 e. The fourth-order valence-electron chi connectivity index (χ4n) is 4.82. The third-order valence-electron chi connectivity index (χ3n) is 6.91. The molecular formula is C24H27ClF3N7O3S. The highest BCUT2D eigenvalue weighted by Gasteiger charge is 2.36. The zero-order chi connectivity index (χ0) is 27.9. The molecule has 0 radical (unpaired) electrons. The van der Waals surface area contributed by atoms with Gasteiger partial charge < -0.3 is 19.9 Å². The van der Waals surface area contributed by atoms with Crippen LogP contribution >= 0.6 is 11.6 Å². The zero-order valence-corrected chi connectivity index (χ0v) is 22.5. The molecule has 2 aliphatic rings. The maximum atomic E-state index is 13.9. The molecular weight excluding hydrogens is 559 g/mol. The number of aliphatic hydroxyl groups excluding tert-OH is 1. The monoisotopic (exact) mass is 585 g/mol. The van der Waals surface area contributed by atoms with Gasteiger partial charge in [-0.05, 0) is 37.5 Å². The lowest BCUT2D eigenvalue weighted by Crippen LogP contribution is -2.42. The normalized spacial score (nSPS) is 19.5. The lowest BCUT2D eigenvalue weighted by atomic mass is 10.1. The van der Waals surface area contributed by atoms with Crippen molar-refractivity contribution in [1.82, 2.24) is 23.8 Å². The van der Waals surface area contributed by atoms with Gasteiger partial charge in [0.05, 0.1) is 23.1 Å². The van der Waals surface area contributed by atoms with Crippen LogP contribution in [0.2, 0.25) is 5.02 Å². The zero-order valence-electron chi connectivity index (χ0n) is 20.9. The van der Waals surface area contributed by atoms with Gasteiger partial charge in [0.2, 0.25) is 16.0 Å². The van der Waals surface area contributed by atoms with Crippen LogP contribution in [0.15, 0.2) is 36.9 Å². The molecule has 0 bridgehead atoms. The summed E-state index contributed by atoms with van der Waals surface area (Å²) in [7, 11) is -3.30. The largest absolute Gasteiger partial charge is 0.420 e. The molecule has 1 aromatic carbocycles. The molecule has 210 valence electrons. The summed E-state index contributed by atoms with van der Waals surface area (Å²) in [6, 6.07) is 5.13. The number of nitrogens with one attached hydrogen (secondary N) is 1. The van der Waals surface area contributed by atoms with Gasteiger partial charge in [-0.15, -0.1) is 0 Å². The number of alkyl halides is 3.